The van der Waals surface area contributed by atoms with Crippen molar-refractivity contribution in [3.8, 4) is 11.4 Å². The zero-order chi connectivity index (χ0) is 53.9. The van der Waals surface area contributed by atoms with Gasteiger partial charge in [-0.2, -0.15) is 26.3 Å². The highest BCUT2D eigenvalue weighted by atomic mass is 79.9. The van der Waals surface area contributed by atoms with E-state index >= 15 is 0 Å². The fourth-order valence-electron chi connectivity index (χ4n) is 11.2. The van der Waals surface area contributed by atoms with Gasteiger partial charge in [-0.1, -0.05) is 61.8 Å². The number of hydrogen-bond donors (Lipinski definition) is 0. The molecule has 75 heavy (non-hydrogen) atoms. The summed E-state index contributed by atoms with van der Waals surface area (Å²) in [4.78, 5) is 43.4. The van der Waals surface area contributed by atoms with Gasteiger partial charge in [0.05, 0.1) is 36.3 Å². The Morgan fingerprint density at radius 3 is 1.49 bits per heavy atom. The van der Waals surface area contributed by atoms with Gasteiger partial charge in [0.25, 0.3) is 0 Å². The van der Waals surface area contributed by atoms with Crippen LogP contribution in [0.2, 0.25) is 0 Å². The lowest BCUT2D eigenvalue weighted by Gasteiger charge is -2.36. The van der Waals surface area contributed by atoms with E-state index in [1.807, 2.05) is 19.1 Å². The summed E-state index contributed by atoms with van der Waals surface area (Å²) in [5.41, 5.74) is 2.50. The van der Waals surface area contributed by atoms with Gasteiger partial charge in [-0.15, -0.1) is 5.10 Å². The van der Waals surface area contributed by atoms with Crippen molar-refractivity contribution in [1.29, 1.82) is 0 Å². The normalized spacial score (nSPS) is 20.7. The molecule has 2 saturated heterocycles. The molecule has 0 unspecified atom stereocenters. The van der Waals surface area contributed by atoms with Gasteiger partial charge in [-0.3, -0.25) is 9.80 Å². The molecule has 2 aliphatic carbocycles. The molecule has 9 rings (SSSR count). The Balaban J connectivity index is 0.000000201. The number of benzene rings is 2. The van der Waals surface area contributed by atoms with Crippen molar-refractivity contribution in [1.82, 2.24) is 40.0 Å². The molecule has 0 N–H and O–H groups in total. The summed E-state index contributed by atoms with van der Waals surface area (Å²) in [6.45, 7) is 13.0. The van der Waals surface area contributed by atoms with E-state index in [1.54, 1.807) is 66.8 Å². The molecule has 0 spiro atoms. The molecule has 0 bridgehead atoms. The van der Waals surface area contributed by atoms with Crippen molar-refractivity contribution >= 4 is 39.8 Å². The van der Waals surface area contributed by atoms with Crippen LogP contribution in [0.5, 0.6) is 0 Å². The van der Waals surface area contributed by atoms with Crippen LogP contribution in [0.4, 0.5) is 47.6 Å². The van der Waals surface area contributed by atoms with Crippen LogP contribution < -0.4 is 9.80 Å². The molecule has 4 fully saturated rings. The number of alkyl halides is 6. The Labute approximate surface area is 442 Å². The number of aromatic nitrogens is 6. The maximum Gasteiger partial charge on any atom is 0.416 e. The lowest BCUT2D eigenvalue weighted by molar-refractivity contribution is -0.138. The van der Waals surface area contributed by atoms with Gasteiger partial charge in [0.1, 0.15) is 23.8 Å². The first kappa shape index (κ1) is 55.2. The lowest BCUT2D eigenvalue weighted by Crippen LogP contribution is -2.39. The van der Waals surface area contributed by atoms with Gasteiger partial charge >= 0.3 is 24.5 Å². The van der Waals surface area contributed by atoms with E-state index in [9.17, 15) is 35.9 Å². The van der Waals surface area contributed by atoms with E-state index in [4.69, 9.17) is 19.4 Å². The number of amides is 2. The van der Waals surface area contributed by atoms with Gasteiger partial charge in [0.15, 0.2) is 5.82 Å². The van der Waals surface area contributed by atoms with Crippen LogP contribution in [0.15, 0.2) is 65.4 Å². The molecule has 4 atom stereocenters. The molecule has 5 aromatic rings. The molecule has 5 heterocycles. The number of rotatable bonds is 13. The summed E-state index contributed by atoms with van der Waals surface area (Å²) in [7, 11) is 1.74. The summed E-state index contributed by atoms with van der Waals surface area (Å²) in [6, 6.07) is 11.4. The van der Waals surface area contributed by atoms with Crippen LogP contribution in [0, 0.1) is 13.8 Å². The molecule has 14 nitrogen and oxygen atoms in total. The Bertz CT molecular complexity index is 2820. The van der Waals surface area contributed by atoms with E-state index in [2.05, 4.69) is 55.1 Å². The monoisotopic (exact) mass is 1110 g/mol. The standard InChI is InChI=1S/C28H34F3N7O2.C26H31BrF3N3O2/c1-5-37(23-9-7-6-8-10-23)25-21(13-20(15-32-25)26-33-34-35-36(26)4)16-38-18(3)24(40-27(38)39)19-11-17(2)12-22(14-19)28(29,30)31;1-4-32(22-8-6-5-7-9-22)24-19(13-21(27)14-31-24)15-33-17(3)23(35-25(33)34)18-10-16(2)11-20(12-18)26(28,29)30/h11-15,18,23-24H,5-10,16H2,1-4H3;10-14,17,22-23H,4-9,15H2,1-3H3/t18-,24-;17-,23-/m00/s1. The molecule has 2 saturated carbocycles. The van der Waals surface area contributed by atoms with Gasteiger partial charge in [0, 0.05) is 65.8 Å². The number of tetrazole rings is 1. The maximum absolute atomic E-state index is 13.5. The fourth-order valence-corrected chi connectivity index (χ4v) is 11.6. The van der Waals surface area contributed by atoms with E-state index in [1.165, 1.54) is 25.7 Å². The molecular weight excluding hydrogens is 1050 g/mol. The quantitative estimate of drug-likeness (QED) is 0.104. The number of halogens is 7. The van der Waals surface area contributed by atoms with Crippen LogP contribution in [-0.4, -0.2) is 89.4 Å². The van der Waals surface area contributed by atoms with Crippen molar-refractivity contribution in [2.75, 3.05) is 22.9 Å². The number of nitrogens with zero attached hydrogens (tertiary/aromatic N) is 10. The highest BCUT2D eigenvalue weighted by molar-refractivity contribution is 9.10. The second-order valence-corrected chi connectivity index (χ2v) is 21.1. The van der Waals surface area contributed by atoms with Gasteiger partial charge in [-0.05, 0) is 141 Å². The molecule has 2 aliphatic heterocycles. The van der Waals surface area contributed by atoms with Gasteiger partial charge in [-0.25, -0.2) is 24.2 Å². The summed E-state index contributed by atoms with van der Waals surface area (Å²) >= 11 is 3.50. The maximum atomic E-state index is 13.5. The van der Waals surface area contributed by atoms with Crippen LogP contribution in [-0.2, 0) is 42.0 Å². The molecule has 0 radical (unpaired) electrons. The average Bonchev–Trinajstić information content (AvgIpc) is 4.02. The highest BCUT2D eigenvalue weighted by Crippen LogP contribution is 2.42. The summed E-state index contributed by atoms with van der Waals surface area (Å²) in [5, 5.41) is 11.8. The van der Waals surface area contributed by atoms with Crippen molar-refractivity contribution in [3.05, 3.63) is 110 Å². The minimum absolute atomic E-state index is 0.180. The average molecular weight is 1110 g/mol. The SMILES string of the molecule is CCN(c1ncc(-c2nnnn2C)cc1CN1C(=O)O[C@H](c2cc(C)cc(C(F)(F)F)c2)[C@@H]1C)C1CCCCC1.CCN(c1ncc(Br)cc1CN1C(=O)O[C@H](c2cc(C)cc(C(F)(F)F)c2)[C@@H]1C)C1CCCCC1. The van der Waals surface area contributed by atoms with E-state index in [0.717, 1.165) is 103 Å². The third-order valence-corrected chi connectivity index (χ3v) is 15.4. The Kier molecular flexibility index (Phi) is 17.0. The van der Waals surface area contributed by atoms with Gasteiger partial charge in [0.2, 0.25) is 0 Å². The van der Waals surface area contributed by atoms with Crippen molar-refractivity contribution in [3.63, 3.8) is 0 Å². The van der Waals surface area contributed by atoms with E-state index < -0.39 is 60.0 Å². The first-order valence-corrected chi connectivity index (χ1v) is 26.7. The number of carbonyl (C=O) groups is 2. The van der Waals surface area contributed by atoms with Crippen LogP contribution in [0.25, 0.3) is 11.4 Å². The number of anilines is 2. The van der Waals surface area contributed by atoms with Crippen molar-refractivity contribution < 1.29 is 45.4 Å². The highest BCUT2D eigenvalue weighted by Gasteiger charge is 2.44. The fraction of sp³-hybridized carbons (Fsp3) is 0.537. The van der Waals surface area contributed by atoms with Crippen LogP contribution in [0.1, 0.15) is 149 Å². The number of carbonyl (C=O) groups excluding carboxylic acids is 2. The lowest BCUT2D eigenvalue weighted by atomic mass is 9.93. The summed E-state index contributed by atoms with van der Waals surface area (Å²) in [6.07, 6.45) is 3.37. The minimum atomic E-state index is -4.50. The Hall–Kier alpha value is -5.99. The second-order valence-electron chi connectivity index (χ2n) is 20.2. The molecule has 21 heteroatoms. The zero-order valence-corrected chi connectivity index (χ0v) is 45.0. The largest absolute Gasteiger partial charge is 0.439 e. The smallest absolute Gasteiger partial charge is 0.416 e. The number of pyridine rings is 2. The van der Waals surface area contributed by atoms with Crippen LogP contribution in [0.3, 0.4) is 0 Å². The minimum Gasteiger partial charge on any atom is -0.439 e. The van der Waals surface area contributed by atoms with Crippen molar-refractivity contribution in [2.45, 2.75) is 168 Å². The number of ether oxygens (including phenoxy) is 2. The molecule has 2 amide bonds. The van der Waals surface area contributed by atoms with Crippen LogP contribution >= 0.6 is 15.9 Å². The topological polar surface area (TPSA) is 135 Å². The second kappa shape index (κ2) is 23.1. The third-order valence-electron chi connectivity index (χ3n) is 15.0. The first-order valence-electron chi connectivity index (χ1n) is 25.9. The molecule has 3 aromatic heterocycles. The summed E-state index contributed by atoms with van der Waals surface area (Å²) in [5.74, 6) is 2.17. The molecule has 2 aromatic carbocycles. The predicted molar refractivity (Wildman–Crippen MR) is 275 cm³/mol. The number of hydrogen-bond acceptors (Lipinski definition) is 11. The summed E-state index contributed by atoms with van der Waals surface area (Å²) < 4.78 is 94.4. The Morgan fingerprint density at radius 1 is 0.640 bits per heavy atom. The number of aryl methyl sites for hydroxylation is 3. The first-order chi connectivity index (χ1) is 35.6. The zero-order valence-electron chi connectivity index (χ0n) is 43.4. The van der Waals surface area contributed by atoms with Crippen molar-refractivity contribution in [2.24, 2.45) is 7.05 Å². The molecule has 4 aliphatic rings. The Morgan fingerprint density at radius 2 is 1.08 bits per heavy atom. The third kappa shape index (κ3) is 12.5. The predicted octanol–water partition coefficient (Wildman–Crippen LogP) is 13.3. The van der Waals surface area contributed by atoms with E-state index in [-0.39, 0.29) is 13.1 Å². The van der Waals surface area contributed by atoms with E-state index in [0.29, 0.717) is 45.7 Å². The molecule has 404 valence electrons. The van der Waals surface area contributed by atoms with Gasteiger partial charge < -0.3 is 19.3 Å². The number of cyclic esters (lactones) is 2. The molecular formula is C54H65BrF6N10O4.